The number of hydrogen-bond donors (Lipinski definition) is 1. The zero-order valence-corrected chi connectivity index (χ0v) is 14.4. The molecule has 4 heteroatoms. The summed E-state index contributed by atoms with van der Waals surface area (Å²) in [6.07, 6.45) is -0.616. The first-order valence-corrected chi connectivity index (χ1v) is 8.62. The Labute approximate surface area is 151 Å². The van der Waals surface area contributed by atoms with E-state index in [2.05, 4.69) is 28.8 Å². The van der Waals surface area contributed by atoms with Gasteiger partial charge >= 0.3 is 0 Å². The smallest absolute Gasteiger partial charge is 0.119 e. The summed E-state index contributed by atoms with van der Waals surface area (Å²) in [6.45, 7) is 0.698. The van der Waals surface area contributed by atoms with Crippen LogP contribution in [0.15, 0.2) is 72.8 Å². The molecule has 3 nitrogen and oxygen atoms in total. The van der Waals surface area contributed by atoms with Crippen LogP contribution in [-0.2, 0) is 6.54 Å². The number of rotatable bonds is 5. The van der Waals surface area contributed by atoms with E-state index < -0.39 is 6.10 Å². The first-order valence-electron chi connectivity index (χ1n) is 8.25. The molecule has 0 bridgehead atoms. The van der Waals surface area contributed by atoms with E-state index in [1.54, 1.807) is 24.3 Å². The molecule has 0 unspecified atom stereocenters. The quantitative estimate of drug-likeness (QED) is 0.555. The van der Waals surface area contributed by atoms with Crippen LogP contribution in [0.25, 0.3) is 21.8 Å². The third-order valence-electron chi connectivity index (χ3n) is 4.33. The summed E-state index contributed by atoms with van der Waals surface area (Å²) in [4.78, 5) is 0. The molecule has 0 aliphatic carbocycles. The Morgan fingerprint density at radius 1 is 0.840 bits per heavy atom. The van der Waals surface area contributed by atoms with Crippen molar-refractivity contribution in [1.29, 1.82) is 0 Å². The van der Waals surface area contributed by atoms with Crippen LogP contribution in [0, 0.1) is 0 Å². The highest BCUT2D eigenvalue weighted by Gasteiger charge is 2.13. The summed E-state index contributed by atoms with van der Waals surface area (Å²) in [5.74, 6) is 0.700. The van der Waals surface area contributed by atoms with Gasteiger partial charge in [-0.05, 0) is 36.4 Å². The molecule has 1 atom stereocenters. The van der Waals surface area contributed by atoms with E-state index in [-0.39, 0.29) is 6.61 Å². The van der Waals surface area contributed by atoms with Crippen LogP contribution in [0.5, 0.6) is 5.75 Å². The molecule has 1 aromatic heterocycles. The van der Waals surface area contributed by atoms with Gasteiger partial charge in [-0.2, -0.15) is 0 Å². The molecule has 0 aliphatic heterocycles. The van der Waals surface area contributed by atoms with Crippen molar-refractivity contribution in [1.82, 2.24) is 4.57 Å². The van der Waals surface area contributed by atoms with Crippen LogP contribution in [0.4, 0.5) is 0 Å². The van der Waals surface area contributed by atoms with E-state index in [1.165, 1.54) is 10.8 Å². The maximum absolute atomic E-state index is 10.5. The Bertz CT molecular complexity index is 954. The summed E-state index contributed by atoms with van der Waals surface area (Å²) in [5, 5.41) is 13.5. The maximum Gasteiger partial charge on any atom is 0.119 e. The lowest BCUT2D eigenvalue weighted by Gasteiger charge is -2.15. The van der Waals surface area contributed by atoms with Gasteiger partial charge in [0.05, 0.1) is 6.54 Å². The van der Waals surface area contributed by atoms with Gasteiger partial charge in [0.1, 0.15) is 18.5 Å². The number of hydrogen-bond acceptors (Lipinski definition) is 2. The van der Waals surface area contributed by atoms with Gasteiger partial charge in [0, 0.05) is 26.8 Å². The standard InChI is InChI=1S/C21H18ClNO2/c22-15-9-11-17(12-10-15)25-14-16(24)13-23-20-7-3-1-5-18(20)19-6-2-4-8-21(19)23/h1-12,16,24H,13-14H2/t16-/m1/s1. The summed E-state index contributed by atoms with van der Waals surface area (Å²) in [6, 6.07) is 23.7. The molecule has 4 aromatic rings. The van der Waals surface area contributed by atoms with E-state index in [1.807, 2.05) is 24.3 Å². The average molecular weight is 352 g/mol. The minimum atomic E-state index is -0.616. The number of para-hydroxylation sites is 2. The summed E-state index contributed by atoms with van der Waals surface area (Å²) in [5.41, 5.74) is 2.24. The Balaban J connectivity index is 1.58. The Hall–Kier alpha value is -2.49. The first kappa shape index (κ1) is 16.0. The second-order valence-corrected chi connectivity index (χ2v) is 6.50. The lowest BCUT2D eigenvalue weighted by molar-refractivity contribution is 0.0945. The number of benzene rings is 3. The van der Waals surface area contributed by atoms with Gasteiger partial charge in [-0.15, -0.1) is 0 Å². The number of aromatic nitrogens is 1. The normalized spacial score (nSPS) is 12.6. The molecule has 25 heavy (non-hydrogen) atoms. The number of ether oxygens (including phenoxy) is 1. The number of nitrogens with zero attached hydrogens (tertiary/aromatic N) is 1. The zero-order chi connectivity index (χ0) is 17.2. The Morgan fingerprint density at radius 2 is 1.40 bits per heavy atom. The van der Waals surface area contributed by atoms with Gasteiger partial charge in [0.25, 0.3) is 0 Å². The molecule has 0 amide bonds. The fourth-order valence-electron chi connectivity index (χ4n) is 3.19. The number of aliphatic hydroxyl groups excluding tert-OH is 1. The van der Waals surface area contributed by atoms with Gasteiger partial charge in [-0.1, -0.05) is 48.0 Å². The van der Waals surface area contributed by atoms with Crippen molar-refractivity contribution in [3.05, 3.63) is 77.8 Å². The minimum Gasteiger partial charge on any atom is -0.491 e. The third-order valence-corrected chi connectivity index (χ3v) is 4.58. The highest BCUT2D eigenvalue weighted by atomic mass is 35.5. The molecule has 0 saturated carbocycles. The largest absolute Gasteiger partial charge is 0.491 e. The zero-order valence-electron chi connectivity index (χ0n) is 13.6. The molecule has 0 fully saturated rings. The Morgan fingerprint density at radius 3 is 2.00 bits per heavy atom. The van der Waals surface area contributed by atoms with Crippen LogP contribution in [0.1, 0.15) is 0 Å². The van der Waals surface area contributed by atoms with Gasteiger partial charge in [-0.25, -0.2) is 0 Å². The molecule has 0 radical (unpaired) electrons. The lowest BCUT2D eigenvalue weighted by Crippen LogP contribution is -2.23. The fraction of sp³-hybridized carbons (Fsp3) is 0.143. The van der Waals surface area contributed by atoms with Crippen LogP contribution in [0.3, 0.4) is 0 Å². The fourth-order valence-corrected chi connectivity index (χ4v) is 3.31. The molecule has 1 N–H and O–H groups in total. The predicted octanol–water partition coefficient (Wildman–Crippen LogP) is 4.89. The second kappa shape index (κ2) is 6.79. The number of fused-ring (bicyclic) bond motifs is 3. The van der Waals surface area contributed by atoms with Crippen molar-refractivity contribution in [3.8, 4) is 5.75 Å². The maximum atomic E-state index is 10.5. The van der Waals surface area contributed by atoms with Crippen molar-refractivity contribution in [2.75, 3.05) is 6.61 Å². The van der Waals surface area contributed by atoms with Gasteiger partial charge in [-0.3, -0.25) is 0 Å². The SMILES string of the molecule is O[C@@H](COc1ccc(Cl)cc1)Cn1c2ccccc2c2ccccc21. The van der Waals surface area contributed by atoms with Crippen LogP contribution < -0.4 is 4.74 Å². The lowest BCUT2D eigenvalue weighted by atomic mass is 10.2. The molecule has 0 aliphatic rings. The molecule has 3 aromatic carbocycles. The molecule has 0 spiro atoms. The monoisotopic (exact) mass is 351 g/mol. The highest BCUT2D eigenvalue weighted by molar-refractivity contribution is 6.30. The van der Waals surface area contributed by atoms with Crippen molar-refractivity contribution >= 4 is 33.4 Å². The van der Waals surface area contributed by atoms with Crippen molar-refractivity contribution in [3.63, 3.8) is 0 Å². The van der Waals surface area contributed by atoms with E-state index in [0.29, 0.717) is 17.3 Å². The molecular formula is C21H18ClNO2. The van der Waals surface area contributed by atoms with Gasteiger partial charge < -0.3 is 14.4 Å². The van der Waals surface area contributed by atoms with Crippen LogP contribution in [0.2, 0.25) is 5.02 Å². The van der Waals surface area contributed by atoms with Crippen molar-refractivity contribution in [2.45, 2.75) is 12.6 Å². The van der Waals surface area contributed by atoms with Crippen LogP contribution in [-0.4, -0.2) is 22.4 Å². The first-order chi connectivity index (χ1) is 12.2. The molecule has 126 valence electrons. The second-order valence-electron chi connectivity index (χ2n) is 6.06. The van der Waals surface area contributed by atoms with Crippen molar-refractivity contribution in [2.24, 2.45) is 0 Å². The summed E-state index contributed by atoms with van der Waals surface area (Å²) < 4.78 is 7.83. The average Bonchev–Trinajstić information content (AvgIpc) is 2.96. The molecule has 1 heterocycles. The molecule has 0 saturated heterocycles. The number of aliphatic hydroxyl groups is 1. The Kier molecular flexibility index (Phi) is 4.35. The van der Waals surface area contributed by atoms with E-state index in [4.69, 9.17) is 16.3 Å². The summed E-state index contributed by atoms with van der Waals surface area (Å²) >= 11 is 5.87. The topological polar surface area (TPSA) is 34.4 Å². The van der Waals surface area contributed by atoms with Gasteiger partial charge in [0.15, 0.2) is 0 Å². The minimum absolute atomic E-state index is 0.225. The molecule has 4 rings (SSSR count). The summed E-state index contributed by atoms with van der Waals surface area (Å²) in [7, 11) is 0. The third kappa shape index (κ3) is 3.21. The van der Waals surface area contributed by atoms with E-state index >= 15 is 0 Å². The van der Waals surface area contributed by atoms with E-state index in [9.17, 15) is 5.11 Å². The number of halogens is 1. The predicted molar refractivity (Wildman–Crippen MR) is 102 cm³/mol. The van der Waals surface area contributed by atoms with Gasteiger partial charge in [0.2, 0.25) is 0 Å². The highest BCUT2D eigenvalue weighted by Crippen LogP contribution is 2.28. The van der Waals surface area contributed by atoms with E-state index in [0.717, 1.165) is 11.0 Å². The van der Waals surface area contributed by atoms with Crippen molar-refractivity contribution < 1.29 is 9.84 Å². The molecular weight excluding hydrogens is 334 g/mol. The van der Waals surface area contributed by atoms with Crippen LogP contribution >= 0.6 is 11.6 Å².